The zero-order valence-electron chi connectivity index (χ0n) is 15.0. The lowest BCUT2D eigenvalue weighted by Crippen LogP contribution is -2.37. The van der Waals surface area contributed by atoms with Crippen LogP contribution in [0.5, 0.6) is 5.75 Å². The number of methoxy groups -OCH3 is 1. The Kier molecular flexibility index (Phi) is 9.07. The summed E-state index contributed by atoms with van der Waals surface area (Å²) in [6, 6.07) is 5.95. The number of nitrogens with one attached hydrogen (secondary N) is 2. The van der Waals surface area contributed by atoms with Crippen molar-refractivity contribution in [1.29, 1.82) is 0 Å². The van der Waals surface area contributed by atoms with Crippen LogP contribution in [0, 0.1) is 0 Å². The van der Waals surface area contributed by atoms with Crippen LogP contribution in [0.3, 0.4) is 0 Å². The molecule has 25 heavy (non-hydrogen) atoms. The van der Waals surface area contributed by atoms with Gasteiger partial charge in [0.15, 0.2) is 5.96 Å². The first-order valence-corrected chi connectivity index (χ1v) is 9.48. The van der Waals surface area contributed by atoms with Crippen LogP contribution >= 0.6 is 15.9 Å². The molecule has 0 spiro atoms. The van der Waals surface area contributed by atoms with Crippen molar-refractivity contribution in [3.05, 3.63) is 28.2 Å². The fourth-order valence-electron chi connectivity index (χ4n) is 2.66. The molecule has 0 amide bonds. The molecule has 0 aliphatic carbocycles. The minimum atomic E-state index is 0.294. The molecule has 1 aliphatic heterocycles. The highest BCUT2D eigenvalue weighted by atomic mass is 79.9. The molecule has 0 radical (unpaired) electrons. The van der Waals surface area contributed by atoms with Gasteiger partial charge in [0.1, 0.15) is 5.75 Å². The van der Waals surface area contributed by atoms with Gasteiger partial charge in [-0.05, 0) is 37.5 Å². The van der Waals surface area contributed by atoms with Crippen molar-refractivity contribution in [2.75, 3.05) is 40.5 Å². The van der Waals surface area contributed by atoms with E-state index in [9.17, 15) is 0 Å². The van der Waals surface area contributed by atoms with Crippen LogP contribution in [0.25, 0.3) is 0 Å². The number of rotatable bonds is 9. The van der Waals surface area contributed by atoms with Crippen molar-refractivity contribution in [2.45, 2.75) is 31.9 Å². The number of nitrogens with zero attached hydrogens (tertiary/aromatic N) is 1. The van der Waals surface area contributed by atoms with Crippen molar-refractivity contribution >= 4 is 21.9 Å². The van der Waals surface area contributed by atoms with Gasteiger partial charge in [0, 0.05) is 43.4 Å². The van der Waals surface area contributed by atoms with Crippen molar-refractivity contribution in [3.63, 3.8) is 0 Å². The number of hydrogen-bond donors (Lipinski definition) is 2. The zero-order valence-corrected chi connectivity index (χ0v) is 16.6. The molecule has 1 aliphatic rings. The van der Waals surface area contributed by atoms with Gasteiger partial charge in [0.25, 0.3) is 0 Å². The summed E-state index contributed by atoms with van der Waals surface area (Å²) in [6.45, 7) is 3.75. The molecule has 1 aromatic rings. The van der Waals surface area contributed by atoms with E-state index in [4.69, 9.17) is 14.2 Å². The zero-order chi connectivity index (χ0) is 17.9. The minimum Gasteiger partial charge on any atom is -0.496 e. The number of guanidine groups is 1. The third-order valence-electron chi connectivity index (χ3n) is 4.00. The van der Waals surface area contributed by atoms with E-state index in [0.717, 1.165) is 60.8 Å². The van der Waals surface area contributed by atoms with E-state index in [-0.39, 0.29) is 0 Å². The Labute approximate surface area is 158 Å². The molecule has 7 heteroatoms. The first kappa shape index (κ1) is 20.0. The molecule has 1 fully saturated rings. The largest absolute Gasteiger partial charge is 0.496 e. The van der Waals surface area contributed by atoms with Gasteiger partial charge in [-0.25, -0.2) is 0 Å². The van der Waals surface area contributed by atoms with E-state index in [1.807, 2.05) is 18.2 Å². The number of halogens is 1. The molecule has 1 unspecified atom stereocenters. The Bertz CT molecular complexity index is 548. The first-order valence-electron chi connectivity index (χ1n) is 8.69. The average molecular weight is 414 g/mol. The summed E-state index contributed by atoms with van der Waals surface area (Å²) in [5.41, 5.74) is 1.07. The second-order valence-corrected chi connectivity index (χ2v) is 6.79. The summed E-state index contributed by atoms with van der Waals surface area (Å²) in [5.74, 6) is 1.62. The second kappa shape index (κ2) is 11.3. The van der Waals surface area contributed by atoms with Crippen molar-refractivity contribution in [1.82, 2.24) is 10.6 Å². The third kappa shape index (κ3) is 7.22. The third-order valence-corrected chi connectivity index (χ3v) is 4.49. The predicted octanol–water partition coefficient (Wildman–Crippen LogP) is 2.71. The summed E-state index contributed by atoms with van der Waals surface area (Å²) >= 11 is 3.49. The fraction of sp³-hybridized carbons (Fsp3) is 0.611. The maximum atomic E-state index is 5.66. The minimum absolute atomic E-state index is 0.294. The van der Waals surface area contributed by atoms with E-state index in [1.54, 1.807) is 14.2 Å². The molecular formula is C18H28BrN3O3. The van der Waals surface area contributed by atoms with E-state index >= 15 is 0 Å². The van der Waals surface area contributed by atoms with Gasteiger partial charge in [-0.3, -0.25) is 4.99 Å². The van der Waals surface area contributed by atoms with Gasteiger partial charge in [0.2, 0.25) is 0 Å². The highest BCUT2D eigenvalue weighted by Gasteiger charge is 2.14. The molecular weight excluding hydrogens is 386 g/mol. The normalized spacial score (nSPS) is 17.6. The number of benzene rings is 1. The van der Waals surface area contributed by atoms with Gasteiger partial charge in [-0.1, -0.05) is 15.9 Å². The molecule has 0 saturated carbocycles. The molecule has 140 valence electrons. The predicted molar refractivity (Wildman–Crippen MR) is 103 cm³/mol. The summed E-state index contributed by atoms with van der Waals surface area (Å²) < 4.78 is 17.6. The van der Waals surface area contributed by atoms with Crippen LogP contribution in [0.4, 0.5) is 0 Å². The lowest BCUT2D eigenvalue weighted by Gasteiger charge is -2.14. The Morgan fingerprint density at radius 1 is 1.40 bits per heavy atom. The summed E-state index contributed by atoms with van der Waals surface area (Å²) in [4.78, 5) is 4.24. The molecule has 1 saturated heterocycles. The van der Waals surface area contributed by atoms with Gasteiger partial charge in [0.05, 0.1) is 19.8 Å². The lowest BCUT2D eigenvalue weighted by atomic mass is 10.2. The second-order valence-electron chi connectivity index (χ2n) is 5.87. The summed E-state index contributed by atoms with van der Waals surface area (Å²) in [5, 5.41) is 6.60. The standard InChI is InChI=1S/C18H28BrN3O3/c1-20-18(21-8-4-9-24-13-16-5-3-10-25-16)22-12-14-11-15(19)6-7-17(14)23-2/h6-7,11,16H,3-5,8-10,12-13H2,1-2H3,(H2,20,21,22). The smallest absolute Gasteiger partial charge is 0.191 e. The Morgan fingerprint density at radius 3 is 3.00 bits per heavy atom. The highest BCUT2D eigenvalue weighted by Crippen LogP contribution is 2.22. The molecule has 1 aromatic carbocycles. The van der Waals surface area contributed by atoms with Gasteiger partial charge in [-0.2, -0.15) is 0 Å². The topological polar surface area (TPSA) is 64.1 Å². The maximum Gasteiger partial charge on any atom is 0.191 e. The molecule has 0 bridgehead atoms. The molecule has 2 N–H and O–H groups in total. The molecule has 6 nitrogen and oxygen atoms in total. The SMILES string of the molecule is CN=C(NCCCOCC1CCCO1)NCc1cc(Br)ccc1OC. The summed E-state index contributed by atoms with van der Waals surface area (Å²) in [7, 11) is 3.44. The Balaban J connectivity index is 1.62. The van der Waals surface area contributed by atoms with Gasteiger partial charge < -0.3 is 24.8 Å². The average Bonchev–Trinajstić information content (AvgIpc) is 3.14. The van der Waals surface area contributed by atoms with Crippen molar-refractivity contribution in [2.24, 2.45) is 4.99 Å². The first-order chi connectivity index (χ1) is 12.2. The maximum absolute atomic E-state index is 5.66. The van der Waals surface area contributed by atoms with Crippen LogP contribution in [0.15, 0.2) is 27.7 Å². The van der Waals surface area contributed by atoms with Gasteiger partial charge in [-0.15, -0.1) is 0 Å². The Hall–Kier alpha value is -1.31. The molecule has 0 aromatic heterocycles. The van der Waals surface area contributed by atoms with E-state index < -0.39 is 0 Å². The van der Waals surface area contributed by atoms with Crippen molar-refractivity contribution in [3.8, 4) is 5.75 Å². The van der Waals surface area contributed by atoms with E-state index in [0.29, 0.717) is 19.3 Å². The van der Waals surface area contributed by atoms with Crippen molar-refractivity contribution < 1.29 is 14.2 Å². The van der Waals surface area contributed by atoms with Crippen LogP contribution in [-0.4, -0.2) is 52.6 Å². The quantitative estimate of drug-likeness (QED) is 0.370. The molecule has 1 heterocycles. The van der Waals surface area contributed by atoms with E-state index in [2.05, 4.69) is 31.6 Å². The van der Waals surface area contributed by atoms with Gasteiger partial charge >= 0.3 is 0 Å². The van der Waals surface area contributed by atoms with Crippen LogP contribution < -0.4 is 15.4 Å². The lowest BCUT2D eigenvalue weighted by molar-refractivity contribution is 0.0168. The van der Waals surface area contributed by atoms with Crippen LogP contribution in [0.1, 0.15) is 24.8 Å². The number of aliphatic imine (C=N–C) groups is 1. The monoisotopic (exact) mass is 413 g/mol. The molecule has 1 atom stereocenters. The van der Waals surface area contributed by atoms with E-state index in [1.165, 1.54) is 0 Å². The Morgan fingerprint density at radius 2 is 2.28 bits per heavy atom. The number of hydrogen-bond acceptors (Lipinski definition) is 4. The molecule has 2 rings (SSSR count). The van der Waals surface area contributed by atoms with Crippen LogP contribution in [0.2, 0.25) is 0 Å². The summed E-state index contributed by atoms with van der Waals surface area (Å²) in [6.07, 6.45) is 3.49. The van der Waals surface area contributed by atoms with Crippen LogP contribution in [-0.2, 0) is 16.0 Å². The number of ether oxygens (including phenoxy) is 3. The fourth-order valence-corrected chi connectivity index (χ4v) is 3.06. The highest BCUT2D eigenvalue weighted by molar-refractivity contribution is 9.10.